The molecule has 2 rings (SSSR count). The van der Waals surface area contributed by atoms with E-state index in [1.54, 1.807) is 0 Å². The second kappa shape index (κ2) is 13.2. The molecule has 2 N–H and O–H groups in total. The number of aliphatic carboxylic acids is 2. The number of ether oxygens (including phenoxy) is 1. The molecule has 1 aliphatic rings. The maximum Gasteiger partial charge on any atom is 0.414 e. The maximum absolute atomic E-state index is 9.10. The molecule has 1 saturated heterocycles. The van der Waals surface area contributed by atoms with Crippen LogP contribution in [-0.4, -0.2) is 77.8 Å². The van der Waals surface area contributed by atoms with Crippen LogP contribution >= 0.6 is 0 Å². The molecule has 0 amide bonds. The standard InChI is InChI=1S/C20H34N2O.C2H2O4/c1-5-21-11-13-22(14-12-21)10-6-7-15-23-19-8-9-20(17(2)3)18(4)16-19;3-1(4)2(5)6/h8-9,16-17H,5-7,10-15H2,1-4H3;(H,3,4)(H,5,6). The number of carbonyl (C=O) groups is 2. The van der Waals surface area contributed by atoms with Crippen molar-refractivity contribution in [1.82, 2.24) is 9.80 Å². The molecule has 164 valence electrons. The van der Waals surface area contributed by atoms with Crippen LogP contribution < -0.4 is 4.74 Å². The lowest BCUT2D eigenvalue weighted by Crippen LogP contribution is -2.46. The molecule has 1 aliphatic heterocycles. The Morgan fingerprint density at radius 2 is 1.62 bits per heavy atom. The van der Waals surface area contributed by atoms with E-state index in [0.29, 0.717) is 5.92 Å². The normalized spacial score (nSPS) is 14.9. The Bertz CT molecular complexity index is 628. The van der Waals surface area contributed by atoms with E-state index in [2.05, 4.69) is 55.7 Å². The van der Waals surface area contributed by atoms with Gasteiger partial charge in [-0.15, -0.1) is 0 Å². The number of piperazine rings is 1. The van der Waals surface area contributed by atoms with E-state index >= 15 is 0 Å². The molecule has 0 bridgehead atoms. The number of unbranched alkanes of at least 4 members (excludes halogenated alkanes) is 1. The number of carboxylic acids is 2. The van der Waals surface area contributed by atoms with E-state index in [0.717, 1.165) is 18.8 Å². The van der Waals surface area contributed by atoms with Crippen molar-refractivity contribution in [2.24, 2.45) is 0 Å². The molecule has 0 spiro atoms. The topological polar surface area (TPSA) is 90.3 Å². The summed E-state index contributed by atoms with van der Waals surface area (Å²) in [5, 5.41) is 14.8. The summed E-state index contributed by atoms with van der Waals surface area (Å²) in [6.07, 6.45) is 2.37. The molecule has 0 aliphatic carbocycles. The highest BCUT2D eigenvalue weighted by Gasteiger charge is 2.14. The van der Waals surface area contributed by atoms with Crippen molar-refractivity contribution in [3.05, 3.63) is 29.3 Å². The van der Waals surface area contributed by atoms with E-state index in [9.17, 15) is 0 Å². The number of benzene rings is 1. The maximum atomic E-state index is 9.10. The second-order valence-electron chi connectivity index (χ2n) is 7.61. The molecule has 0 aromatic heterocycles. The van der Waals surface area contributed by atoms with Crippen molar-refractivity contribution >= 4 is 11.9 Å². The van der Waals surface area contributed by atoms with Crippen molar-refractivity contribution in [2.45, 2.75) is 46.5 Å². The van der Waals surface area contributed by atoms with Crippen LogP contribution in [0.4, 0.5) is 0 Å². The Morgan fingerprint density at radius 3 is 2.10 bits per heavy atom. The molecule has 0 unspecified atom stereocenters. The summed E-state index contributed by atoms with van der Waals surface area (Å²) < 4.78 is 5.92. The van der Waals surface area contributed by atoms with Crippen molar-refractivity contribution < 1.29 is 24.5 Å². The first-order valence-electron chi connectivity index (χ1n) is 10.4. The van der Waals surface area contributed by atoms with Crippen molar-refractivity contribution in [3.63, 3.8) is 0 Å². The van der Waals surface area contributed by atoms with Gasteiger partial charge in [0.1, 0.15) is 5.75 Å². The van der Waals surface area contributed by atoms with E-state index in [4.69, 9.17) is 24.5 Å². The van der Waals surface area contributed by atoms with Gasteiger partial charge < -0.3 is 24.7 Å². The molecule has 0 saturated carbocycles. The monoisotopic (exact) mass is 408 g/mol. The first-order valence-corrected chi connectivity index (χ1v) is 10.4. The first-order chi connectivity index (χ1) is 13.7. The first kappa shape index (κ1) is 24.9. The number of hydrogen-bond acceptors (Lipinski definition) is 5. The van der Waals surface area contributed by atoms with E-state index in [-0.39, 0.29) is 0 Å². The summed E-state index contributed by atoms with van der Waals surface area (Å²) >= 11 is 0. The van der Waals surface area contributed by atoms with Gasteiger partial charge in [-0.2, -0.15) is 0 Å². The average molecular weight is 409 g/mol. The van der Waals surface area contributed by atoms with Crippen molar-refractivity contribution in [2.75, 3.05) is 45.9 Å². The van der Waals surface area contributed by atoms with Crippen LogP contribution in [0.25, 0.3) is 0 Å². The summed E-state index contributed by atoms with van der Waals surface area (Å²) in [6, 6.07) is 6.51. The molecule has 1 fully saturated rings. The highest BCUT2D eigenvalue weighted by atomic mass is 16.5. The van der Waals surface area contributed by atoms with Gasteiger partial charge >= 0.3 is 11.9 Å². The smallest absolute Gasteiger partial charge is 0.414 e. The van der Waals surface area contributed by atoms with Crippen LogP contribution in [0.2, 0.25) is 0 Å². The third kappa shape index (κ3) is 9.76. The predicted molar refractivity (Wildman–Crippen MR) is 114 cm³/mol. The molecule has 0 atom stereocenters. The van der Waals surface area contributed by atoms with Crippen LogP contribution in [0.15, 0.2) is 18.2 Å². The summed E-state index contributed by atoms with van der Waals surface area (Å²) in [5.41, 5.74) is 2.76. The Morgan fingerprint density at radius 1 is 1.03 bits per heavy atom. The molecule has 1 heterocycles. The lowest BCUT2D eigenvalue weighted by molar-refractivity contribution is -0.159. The largest absolute Gasteiger partial charge is 0.494 e. The molecule has 0 radical (unpaired) electrons. The van der Waals surface area contributed by atoms with Crippen LogP contribution in [0.1, 0.15) is 50.7 Å². The van der Waals surface area contributed by atoms with Crippen molar-refractivity contribution in [3.8, 4) is 5.75 Å². The number of carboxylic acid groups (broad SMARTS) is 2. The minimum absolute atomic E-state index is 0.581. The highest BCUT2D eigenvalue weighted by molar-refractivity contribution is 6.27. The SMILES string of the molecule is CCN1CCN(CCCCOc2ccc(C(C)C)c(C)c2)CC1.O=C(O)C(=O)O. The fourth-order valence-corrected chi connectivity index (χ4v) is 3.34. The number of rotatable bonds is 8. The van der Waals surface area contributed by atoms with Crippen LogP contribution in [-0.2, 0) is 9.59 Å². The highest BCUT2D eigenvalue weighted by Crippen LogP contribution is 2.23. The minimum atomic E-state index is -1.82. The lowest BCUT2D eigenvalue weighted by Gasteiger charge is -2.33. The number of aryl methyl sites for hydroxylation is 1. The van der Waals surface area contributed by atoms with Crippen molar-refractivity contribution in [1.29, 1.82) is 0 Å². The predicted octanol–water partition coefficient (Wildman–Crippen LogP) is 3.07. The van der Waals surface area contributed by atoms with Crippen LogP contribution in [0.3, 0.4) is 0 Å². The Balaban J connectivity index is 0.000000612. The van der Waals surface area contributed by atoms with Gasteiger partial charge in [0.2, 0.25) is 0 Å². The third-order valence-corrected chi connectivity index (χ3v) is 5.10. The summed E-state index contributed by atoms with van der Waals surface area (Å²) in [4.78, 5) is 23.3. The molecule has 1 aromatic carbocycles. The molecule has 7 heteroatoms. The van der Waals surface area contributed by atoms with Gasteiger partial charge in [-0.3, -0.25) is 0 Å². The third-order valence-electron chi connectivity index (χ3n) is 5.10. The Hall–Kier alpha value is -2.12. The van der Waals surface area contributed by atoms with Gasteiger partial charge in [0.05, 0.1) is 6.61 Å². The fraction of sp³-hybridized carbons (Fsp3) is 0.636. The van der Waals surface area contributed by atoms with Gasteiger partial charge in [0, 0.05) is 26.2 Å². The summed E-state index contributed by atoms with van der Waals surface area (Å²) in [7, 11) is 0. The molecule has 1 aromatic rings. The molecule has 7 nitrogen and oxygen atoms in total. The zero-order chi connectivity index (χ0) is 21.8. The van der Waals surface area contributed by atoms with Gasteiger partial charge in [-0.05, 0) is 62.0 Å². The Labute approximate surface area is 174 Å². The summed E-state index contributed by atoms with van der Waals surface area (Å²) in [5.74, 6) is -2.05. The van der Waals surface area contributed by atoms with Gasteiger partial charge in [-0.25, -0.2) is 9.59 Å². The van der Waals surface area contributed by atoms with E-state index in [1.807, 2.05) is 0 Å². The zero-order valence-electron chi connectivity index (χ0n) is 18.2. The number of hydrogen-bond donors (Lipinski definition) is 2. The minimum Gasteiger partial charge on any atom is -0.494 e. The van der Waals surface area contributed by atoms with Crippen LogP contribution in [0.5, 0.6) is 5.75 Å². The van der Waals surface area contributed by atoms with E-state index in [1.165, 1.54) is 56.8 Å². The number of likely N-dealkylation sites (N-methyl/N-ethyl adjacent to an activating group) is 1. The fourth-order valence-electron chi connectivity index (χ4n) is 3.34. The van der Waals surface area contributed by atoms with Gasteiger partial charge in [-0.1, -0.05) is 26.8 Å². The van der Waals surface area contributed by atoms with Crippen LogP contribution in [0, 0.1) is 6.92 Å². The lowest BCUT2D eigenvalue weighted by atomic mass is 9.98. The molecule has 29 heavy (non-hydrogen) atoms. The number of nitrogens with zero attached hydrogens (tertiary/aromatic N) is 2. The van der Waals surface area contributed by atoms with E-state index < -0.39 is 11.9 Å². The molecular formula is C22H36N2O5. The van der Waals surface area contributed by atoms with Gasteiger partial charge in [0.15, 0.2) is 0 Å². The average Bonchev–Trinajstić information content (AvgIpc) is 2.68. The zero-order valence-corrected chi connectivity index (χ0v) is 18.2. The second-order valence-corrected chi connectivity index (χ2v) is 7.61. The molecular weight excluding hydrogens is 372 g/mol. The Kier molecular flexibility index (Phi) is 11.3. The van der Waals surface area contributed by atoms with Gasteiger partial charge in [0.25, 0.3) is 0 Å². The summed E-state index contributed by atoms with van der Waals surface area (Å²) in [6.45, 7) is 17.1. The quantitative estimate of drug-likeness (QED) is 0.505.